The van der Waals surface area contributed by atoms with Crippen molar-refractivity contribution in [1.82, 2.24) is 4.98 Å². The Hall–Kier alpha value is -1.10. The lowest BCUT2D eigenvalue weighted by atomic mass is 10.1. The molecule has 18 heavy (non-hydrogen) atoms. The summed E-state index contributed by atoms with van der Waals surface area (Å²) in [6, 6.07) is 7.34. The Labute approximate surface area is 119 Å². The predicted molar refractivity (Wildman–Crippen MR) is 76.1 cm³/mol. The average Bonchev–Trinajstić information content (AvgIpc) is 2.28. The smallest absolute Gasteiger partial charge is 0.147 e. The number of nitrogens with zero attached hydrogens (tertiary/aromatic N) is 1. The predicted octanol–water partition coefficient (Wildman–Crippen LogP) is 4.31. The SMILES string of the molecule is CC(N)c1ccc(Br)cc1Oc1cncc(Cl)c1. The first-order valence-electron chi connectivity index (χ1n) is 5.39. The second-order valence-corrected chi connectivity index (χ2v) is 5.26. The van der Waals surface area contributed by atoms with Crippen LogP contribution in [0.3, 0.4) is 0 Å². The fraction of sp³-hybridized carbons (Fsp3) is 0.154. The van der Waals surface area contributed by atoms with E-state index in [0.717, 1.165) is 10.0 Å². The van der Waals surface area contributed by atoms with Crippen LogP contribution in [0.25, 0.3) is 0 Å². The normalized spacial score (nSPS) is 12.2. The molecule has 3 nitrogen and oxygen atoms in total. The number of hydrogen-bond acceptors (Lipinski definition) is 3. The molecular formula is C13H12BrClN2O. The highest BCUT2D eigenvalue weighted by atomic mass is 79.9. The van der Waals surface area contributed by atoms with Crippen LogP contribution < -0.4 is 10.5 Å². The summed E-state index contributed by atoms with van der Waals surface area (Å²) in [5, 5.41) is 0.532. The van der Waals surface area contributed by atoms with E-state index in [9.17, 15) is 0 Å². The van der Waals surface area contributed by atoms with E-state index in [1.54, 1.807) is 18.5 Å². The molecule has 0 radical (unpaired) electrons. The molecule has 0 aliphatic heterocycles. The number of hydrogen-bond donors (Lipinski definition) is 1. The number of nitrogens with two attached hydrogens (primary N) is 1. The van der Waals surface area contributed by atoms with Gasteiger partial charge < -0.3 is 10.5 Å². The van der Waals surface area contributed by atoms with Crippen molar-refractivity contribution >= 4 is 27.5 Å². The van der Waals surface area contributed by atoms with Crippen molar-refractivity contribution in [3.05, 3.63) is 51.7 Å². The Morgan fingerprint density at radius 3 is 2.78 bits per heavy atom. The van der Waals surface area contributed by atoms with Crippen LogP contribution in [0.4, 0.5) is 0 Å². The summed E-state index contributed by atoms with van der Waals surface area (Å²) in [5.41, 5.74) is 6.84. The molecule has 0 bridgehead atoms. The Morgan fingerprint density at radius 2 is 2.11 bits per heavy atom. The highest BCUT2D eigenvalue weighted by molar-refractivity contribution is 9.10. The van der Waals surface area contributed by atoms with Crippen LogP contribution in [-0.2, 0) is 0 Å². The first-order valence-corrected chi connectivity index (χ1v) is 6.57. The lowest BCUT2D eigenvalue weighted by Crippen LogP contribution is -2.06. The van der Waals surface area contributed by atoms with Gasteiger partial charge >= 0.3 is 0 Å². The number of aromatic nitrogens is 1. The Morgan fingerprint density at radius 1 is 1.33 bits per heavy atom. The first kappa shape index (κ1) is 13.3. The molecule has 1 aromatic heterocycles. The molecule has 2 N–H and O–H groups in total. The van der Waals surface area contributed by atoms with E-state index in [2.05, 4.69) is 20.9 Å². The van der Waals surface area contributed by atoms with Gasteiger partial charge in [-0.15, -0.1) is 0 Å². The molecule has 0 spiro atoms. The summed E-state index contributed by atoms with van der Waals surface area (Å²) >= 11 is 9.28. The van der Waals surface area contributed by atoms with Gasteiger partial charge in [-0.2, -0.15) is 0 Å². The molecule has 1 unspecified atom stereocenters. The van der Waals surface area contributed by atoms with E-state index in [1.165, 1.54) is 0 Å². The van der Waals surface area contributed by atoms with Crippen LogP contribution in [-0.4, -0.2) is 4.98 Å². The molecule has 0 saturated carbocycles. The summed E-state index contributed by atoms with van der Waals surface area (Å²) < 4.78 is 6.70. The van der Waals surface area contributed by atoms with Crippen molar-refractivity contribution in [2.75, 3.05) is 0 Å². The van der Waals surface area contributed by atoms with Gasteiger partial charge in [-0.05, 0) is 19.1 Å². The maximum absolute atomic E-state index is 5.91. The minimum atomic E-state index is -0.111. The second-order valence-electron chi connectivity index (χ2n) is 3.91. The maximum Gasteiger partial charge on any atom is 0.147 e. The van der Waals surface area contributed by atoms with Gasteiger partial charge in [0.1, 0.15) is 11.5 Å². The number of ether oxygens (including phenoxy) is 1. The zero-order valence-corrected chi connectivity index (χ0v) is 12.1. The number of pyridine rings is 1. The number of halogens is 2. The average molecular weight is 328 g/mol. The van der Waals surface area contributed by atoms with Crippen LogP contribution in [0.2, 0.25) is 5.02 Å². The van der Waals surface area contributed by atoms with Crippen molar-refractivity contribution in [1.29, 1.82) is 0 Å². The van der Waals surface area contributed by atoms with Crippen LogP contribution in [0.1, 0.15) is 18.5 Å². The quantitative estimate of drug-likeness (QED) is 0.914. The molecule has 0 saturated heterocycles. The molecular weight excluding hydrogens is 316 g/mol. The van der Waals surface area contributed by atoms with Crippen LogP contribution in [0.5, 0.6) is 11.5 Å². The molecule has 2 rings (SSSR count). The monoisotopic (exact) mass is 326 g/mol. The molecule has 1 heterocycles. The van der Waals surface area contributed by atoms with Crippen molar-refractivity contribution in [3.8, 4) is 11.5 Å². The molecule has 94 valence electrons. The highest BCUT2D eigenvalue weighted by Gasteiger charge is 2.10. The van der Waals surface area contributed by atoms with Gasteiger partial charge in [0.15, 0.2) is 0 Å². The van der Waals surface area contributed by atoms with Crippen LogP contribution in [0.15, 0.2) is 41.1 Å². The molecule has 1 atom stereocenters. The fourth-order valence-electron chi connectivity index (χ4n) is 1.55. The Balaban J connectivity index is 2.36. The van der Waals surface area contributed by atoms with E-state index in [0.29, 0.717) is 16.5 Å². The topological polar surface area (TPSA) is 48.1 Å². The van der Waals surface area contributed by atoms with Crippen molar-refractivity contribution < 1.29 is 4.74 Å². The van der Waals surface area contributed by atoms with Gasteiger partial charge in [-0.25, -0.2) is 0 Å². The van der Waals surface area contributed by atoms with Crippen molar-refractivity contribution in [3.63, 3.8) is 0 Å². The highest BCUT2D eigenvalue weighted by Crippen LogP contribution is 2.31. The molecule has 0 aliphatic rings. The third-order valence-corrected chi connectivity index (χ3v) is 3.07. The Kier molecular flexibility index (Phi) is 4.22. The van der Waals surface area contributed by atoms with Gasteiger partial charge in [-0.1, -0.05) is 33.6 Å². The van der Waals surface area contributed by atoms with Gasteiger partial charge in [-0.3, -0.25) is 4.98 Å². The third-order valence-electron chi connectivity index (χ3n) is 2.37. The molecule has 0 amide bonds. The largest absolute Gasteiger partial charge is 0.455 e. The standard InChI is InChI=1S/C13H12BrClN2O/c1-8(16)12-3-2-9(14)4-13(12)18-11-5-10(15)6-17-7-11/h2-8H,16H2,1H3. The maximum atomic E-state index is 5.91. The number of benzene rings is 1. The molecule has 2 aromatic rings. The lowest BCUT2D eigenvalue weighted by molar-refractivity contribution is 0.469. The van der Waals surface area contributed by atoms with E-state index in [1.807, 2.05) is 25.1 Å². The van der Waals surface area contributed by atoms with Gasteiger partial charge in [0.25, 0.3) is 0 Å². The van der Waals surface area contributed by atoms with Gasteiger partial charge in [0, 0.05) is 28.3 Å². The zero-order chi connectivity index (χ0) is 13.1. The summed E-state index contributed by atoms with van der Waals surface area (Å²) in [5.74, 6) is 1.28. The molecule has 5 heteroatoms. The van der Waals surface area contributed by atoms with E-state index < -0.39 is 0 Å². The van der Waals surface area contributed by atoms with E-state index in [4.69, 9.17) is 22.1 Å². The summed E-state index contributed by atoms with van der Waals surface area (Å²) in [6.45, 7) is 1.91. The minimum Gasteiger partial charge on any atom is -0.455 e. The molecule has 0 aliphatic carbocycles. The molecule has 0 fully saturated rings. The third kappa shape index (κ3) is 3.22. The Bertz CT molecular complexity index is 560. The lowest BCUT2D eigenvalue weighted by Gasteiger charge is -2.14. The van der Waals surface area contributed by atoms with Gasteiger partial charge in [0.05, 0.1) is 11.2 Å². The van der Waals surface area contributed by atoms with E-state index in [-0.39, 0.29) is 6.04 Å². The van der Waals surface area contributed by atoms with Crippen LogP contribution in [0, 0.1) is 0 Å². The number of rotatable bonds is 3. The summed E-state index contributed by atoms with van der Waals surface area (Å²) in [4.78, 5) is 3.98. The van der Waals surface area contributed by atoms with Crippen molar-refractivity contribution in [2.45, 2.75) is 13.0 Å². The zero-order valence-electron chi connectivity index (χ0n) is 9.73. The van der Waals surface area contributed by atoms with Gasteiger partial charge in [0.2, 0.25) is 0 Å². The summed E-state index contributed by atoms with van der Waals surface area (Å²) in [6.07, 6.45) is 3.17. The summed E-state index contributed by atoms with van der Waals surface area (Å²) in [7, 11) is 0. The first-order chi connectivity index (χ1) is 8.56. The minimum absolute atomic E-state index is 0.111. The second kappa shape index (κ2) is 5.69. The molecule has 1 aromatic carbocycles. The fourth-order valence-corrected chi connectivity index (χ4v) is 2.05. The van der Waals surface area contributed by atoms with Crippen LogP contribution >= 0.6 is 27.5 Å². The van der Waals surface area contributed by atoms with Crippen molar-refractivity contribution in [2.24, 2.45) is 5.73 Å². The van der Waals surface area contributed by atoms with E-state index >= 15 is 0 Å².